The van der Waals surface area contributed by atoms with Gasteiger partial charge in [0.15, 0.2) is 5.78 Å². The summed E-state index contributed by atoms with van der Waals surface area (Å²) in [4.78, 5) is 15.2. The maximum absolute atomic E-state index is 11.3. The van der Waals surface area contributed by atoms with Gasteiger partial charge in [-0.1, -0.05) is 0 Å². The summed E-state index contributed by atoms with van der Waals surface area (Å²) in [7, 11) is 0. The number of rotatable bonds is 1. The van der Waals surface area contributed by atoms with Crippen LogP contribution in [0.5, 0.6) is 0 Å². The second-order valence-corrected chi connectivity index (χ2v) is 5.52. The summed E-state index contributed by atoms with van der Waals surface area (Å²) in [6, 6.07) is 2.67. The average molecular weight is 233 g/mol. The largest absolute Gasteiger partial charge is 0.368 e. The third-order valence-electron chi connectivity index (χ3n) is 3.60. The number of carbonyl (C=O) groups excluding carboxylic acids is 1. The molecule has 0 fully saturated rings. The van der Waals surface area contributed by atoms with Crippen molar-refractivity contribution in [3.8, 4) is 0 Å². The molecule has 1 atom stereocenters. The first-order valence-corrected chi connectivity index (χ1v) is 6.70. The molecule has 1 aromatic heterocycles. The smallest absolute Gasteiger partial charge is 0.157 e. The summed E-state index contributed by atoms with van der Waals surface area (Å²) in [5.41, 5.74) is 2.70. The summed E-state index contributed by atoms with van der Waals surface area (Å²) in [5.74, 6) is 0.290. The Morgan fingerprint density at radius 1 is 1.38 bits per heavy atom. The highest BCUT2D eigenvalue weighted by Crippen LogP contribution is 2.36. The van der Waals surface area contributed by atoms with Crippen LogP contribution in [0.4, 0.5) is 0 Å². The number of allylic oxidation sites excluding steroid dienone is 2. The maximum atomic E-state index is 11.3. The minimum absolute atomic E-state index is 0.290. The van der Waals surface area contributed by atoms with Gasteiger partial charge in [0.1, 0.15) is 0 Å². The highest BCUT2D eigenvalue weighted by atomic mass is 32.1. The van der Waals surface area contributed by atoms with Crippen LogP contribution in [0.25, 0.3) is 0 Å². The van der Waals surface area contributed by atoms with E-state index in [4.69, 9.17) is 0 Å². The van der Waals surface area contributed by atoms with Gasteiger partial charge in [-0.15, -0.1) is 11.3 Å². The standard InChI is InChI=1S/C13H15NOS/c1-9-12-5-7-16-13(12)4-6-14(9)10-2-3-11(15)8-10/h5,7-9H,2-4,6H2,1H3. The summed E-state index contributed by atoms with van der Waals surface area (Å²) in [5, 5.41) is 2.18. The summed E-state index contributed by atoms with van der Waals surface area (Å²) < 4.78 is 0. The molecular formula is C13H15NOS. The third-order valence-corrected chi connectivity index (χ3v) is 4.60. The molecule has 84 valence electrons. The van der Waals surface area contributed by atoms with Crippen LogP contribution in [0, 0.1) is 0 Å². The van der Waals surface area contributed by atoms with Gasteiger partial charge in [0, 0.05) is 29.6 Å². The topological polar surface area (TPSA) is 20.3 Å². The van der Waals surface area contributed by atoms with Crippen LogP contribution in [0.2, 0.25) is 0 Å². The van der Waals surface area contributed by atoms with Crippen LogP contribution in [0.1, 0.15) is 36.2 Å². The number of ketones is 1. The molecule has 2 heterocycles. The van der Waals surface area contributed by atoms with Gasteiger partial charge in [-0.2, -0.15) is 0 Å². The van der Waals surface area contributed by atoms with Gasteiger partial charge in [0.05, 0.1) is 6.04 Å². The van der Waals surface area contributed by atoms with E-state index in [0.717, 1.165) is 19.4 Å². The Kier molecular flexibility index (Phi) is 2.36. The van der Waals surface area contributed by atoms with E-state index < -0.39 is 0 Å². The number of thiophene rings is 1. The van der Waals surface area contributed by atoms with Crippen molar-refractivity contribution < 1.29 is 4.79 Å². The number of fused-ring (bicyclic) bond motifs is 1. The summed E-state index contributed by atoms with van der Waals surface area (Å²) in [6.07, 6.45) is 4.61. The molecule has 1 aromatic rings. The quantitative estimate of drug-likeness (QED) is 0.743. The van der Waals surface area contributed by atoms with E-state index >= 15 is 0 Å². The lowest BCUT2D eigenvalue weighted by Crippen LogP contribution is -2.32. The molecule has 0 spiro atoms. The first kappa shape index (κ1) is 10.1. The molecule has 0 bridgehead atoms. The normalized spacial score (nSPS) is 24.6. The maximum Gasteiger partial charge on any atom is 0.157 e. The van der Waals surface area contributed by atoms with E-state index in [2.05, 4.69) is 23.3 Å². The van der Waals surface area contributed by atoms with E-state index in [-0.39, 0.29) is 0 Å². The molecule has 0 saturated carbocycles. The first-order valence-electron chi connectivity index (χ1n) is 5.82. The van der Waals surface area contributed by atoms with E-state index in [9.17, 15) is 4.79 Å². The molecule has 0 radical (unpaired) electrons. The monoisotopic (exact) mass is 233 g/mol. The van der Waals surface area contributed by atoms with Crippen LogP contribution in [-0.4, -0.2) is 17.2 Å². The Morgan fingerprint density at radius 2 is 2.25 bits per heavy atom. The lowest BCUT2D eigenvalue weighted by Gasteiger charge is -2.36. The van der Waals surface area contributed by atoms with Gasteiger partial charge in [0.25, 0.3) is 0 Å². The van der Waals surface area contributed by atoms with Crippen molar-refractivity contribution in [3.05, 3.63) is 33.7 Å². The van der Waals surface area contributed by atoms with Gasteiger partial charge < -0.3 is 4.90 Å². The van der Waals surface area contributed by atoms with Crippen molar-refractivity contribution in [2.24, 2.45) is 0 Å². The molecule has 3 heteroatoms. The Balaban J connectivity index is 1.90. The van der Waals surface area contributed by atoms with Gasteiger partial charge >= 0.3 is 0 Å². The Bertz CT molecular complexity index is 460. The Morgan fingerprint density at radius 3 is 3.00 bits per heavy atom. The van der Waals surface area contributed by atoms with Crippen molar-refractivity contribution in [1.29, 1.82) is 0 Å². The zero-order chi connectivity index (χ0) is 11.1. The Hall–Kier alpha value is -1.09. The molecule has 1 aliphatic heterocycles. The summed E-state index contributed by atoms with van der Waals surface area (Å²) >= 11 is 1.86. The minimum Gasteiger partial charge on any atom is -0.368 e. The van der Waals surface area contributed by atoms with Crippen LogP contribution in [0.3, 0.4) is 0 Å². The average Bonchev–Trinajstić information content (AvgIpc) is 2.87. The Labute approximate surface area is 99.6 Å². The van der Waals surface area contributed by atoms with Crippen LogP contribution in [-0.2, 0) is 11.2 Å². The molecule has 16 heavy (non-hydrogen) atoms. The molecule has 2 aliphatic rings. The zero-order valence-electron chi connectivity index (χ0n) is 9.40. The lowest BCUT2D eigenvalue weighted by molar-refractivity contribution is -0.114. The van der Waals surface area contributed by atoms with E-state index in [1.807, 2.05) is 17.4 Å². The molecular weight excluding hydrogens is 218 g/mol. The number of nitrogens with zero attached hydrogens (tertiary/aromatic N) is 1. The molecule has 2 nitrogen and oxygen atoms in total. The SMILES string of the molecule is CC1c2ccsc2CCN1C1=CC(=O)CC1. The van der Waals surface area contributed by atoms with Crippen LogP contribution < -0.4 is 0 Å². The second kappa shape index (κ2) is 3.74. The molecule has 1 aliphatic carbocycles. The van der Waals surface area contributed by atoms with E-state index in [1.54, 1.807) is 0 Å². The van der Waals surface area contributed by atoms with Crippen molar-refractivity contribution in [2.75, 3.05) is 6.54 Å². The predicted molar refractivity (Wildman–Crippen MR) is 65.5 cm³/mol. The van der Waals surface area contributed by atoms with Crippen LogP contribution >= 0.6 is 11.3 Å². The molecule has 0 amide bonds. The number of hydrogen-bond acceptors (Lipinski definition) is 3. The minimum atomic E-state index is 0.290. The molecule has 0 aromatic carbocycles. The molecule has 3 rings (SSSR count). The second-order valence-electron chi connectivity index (χ2n) is 4.52. The van der Waals surface area contributed by atoms with Crippen molar-refractivity contribution in [1.82, 2.24) is 4.90 Å². The number of carbonyl (C=O) groups is 1. The molecule has 0 saturated heterocycles. The van der Waals surface area contributed by atoms with Crippen molar-refractivity contribution >= 4 is 17.1 Å². The van der Waals surface area contributed by atoms with Crippen LogP contribution in [0.15, 0.2) is 23.2 Å². The first-order chi connectivity index (χ1) is 7.75. The predicted octanol–water partition coefficient (Wildman–Crippen LogP) is 2.91. The third kappa shape index (κ3) is 1.50. The van der Waals surface area contributed by atoms with E-state index in [1.165, 1.54) is 16.1 Å². The fraction of sp³-hybridized carbons (Fsp3) is 0.462. The van der Waals surface area contributed by atoms with Gasteiger partial charge in [-0.05, 0) is 36.8 Å². The highest BCUT2D eigenvalue weighted by Gasteiger charge is 2.28. The van der Waals surface area contributed by atoms with Crippen molar-refractivity contribution in [2.45, 2.75) is 32.2 Å². The highest BCUT2D eigenvalue weighted by molar-refractivity contribution is 7.10. The molecule has 0 N–H and O–H groups in total. The van der Waals surface area contributed by atoms with Crippen molar-refractivity contribution in [3.63, 3.8) is 0 Å². The fourth-order valence-electron chi connectivity index (χ4n) is 2.71. The van der Waals surface area contributed by atoms with Gasteiger partial charge in [-0.3, -0.25) is 4.79 Å². The van der Waals surface area contributed by atoms with Gasteiger partial charge in [0.2, 0.25) is 0 Å². The van der Waals surface area contributed by atoms with E-state index in [0.29, 0.717) is 18.2 Å². The lowest BCUT2D eigenvalue weighted by atomic mass is 10.0. The zero-order valence-corrected chi connectivity index (χ0v) is 10.2. The fourth-order valence-corrected chi connectivity index (χ4v) is 3.67. The number of hydrogen-bond donors (Lipinski definition) is 0. The van der Waals surface area contributed by atoms with Gasteiger partial charge in [-0.25, -0.2) is 0 Å². The molecule has 1 unspecified atom stereocenters. The summed E-state index contributed by atoms with van der Waals surface area (Å²) in [6.45, 7) is 3.31.